The number of ether oxygens (including phenoxy) is 2. The van der Waals surface area contributed by atoms with Crippen LogP contribution < -0.4 is 19.5 Å². The molecule has 58 heavy (non-hydrogen) atoms. The van der Waals surface area contributed by atoms with E-state index in [-0.39, 0.29) is 47.6 Å². The molecule has 2 aromatic rings. The minimum Gasteiger partial charge on any atom is -0.494 e. The quantitative estimate of drug-likeness (QED) is 0.197. The summed E-state index contributed by atoms with van der Waals surface area (Å²) in [6, 6.07) is -5.07. The van der Waals surface area contributed by atoms with Crippen molar-refractivity contribution in [2.24, 2.45) is 17.8 Å². The fraction of sp³-hybridized carbons (Fsp3) is 0.625. The van der Waals surface area contributed by atoms with Crippen LogP contribution in [0.15, 0.2) is 36.5 Å². The van der Waals surface area contributed by atoms with E-state index < -0.39 is 104 Å². The zero-order valence-electron chi connectivity index (χ0n) is 33.5. The van der Waals surface area contributed by atoms with E-state index in [4.69, 9.17) is 9.47 Å². The smallest absolute Gasteiger partial charge is 0.408 e. The van der Waals surface area contributed by atoms with Crippen molar-refractivity contribution in [3.05, 3.63) is 42.4 Å². The minimum absolute atomic E-state index is 0.00935. The number of carbonyl (C=O) groups excluding carboxylic acids is 3. The van der Waals surface area contributed by atoms with Gasteiger partial charge in [0.1, 0.15) is 17.6 Å². The molecule has 1 aromatic carbocycles. The van der Waals surface area contributed by atoms with Crippen LogP contribution in [0, 0.1) is 23.6 Å². The Morgan fingerprint density at radius 3 is 2.50 bits per heavy atom. The first-order valence-corrected chi connectivity index (χ1v) is 21.4. The number of carboxylic acid groups (broad SMARTS) is 1. The number of alkyl halides is 2. The van der Waals surface area contributed by atoms with E-state index in [9.17, 15) is 27.9 Å². The van der Waals surface area contributed by atoms with Gasteiger partial charge in [-0.3, -0.25) is 28.9 Å². The predicted octanol–water partition coefficient (Wildman–Crippen LogP) is 5.75. The summed E-state index contributed by atoms with van der Waals surface area (Å²) in [6.45, 7) is 7.91. The number of amides is 4. The van der Waals surface area contributed by atoms with Gasteiger partial charge in [-0.1, -0.05) is 39.3 Å². The monoisotopic (exact) mass is 835 g/mol. The number of rotatable bonds is 10. The number of methoxy groups -OCH3 is 1. The van der Waals surface area contributed by atoms with Gasteiger partial charge in [0.15, 0.2) is 17.2 Å². The Kier molecular flexibility index (Phi) is 11.8. The highest BCUT2D eigenvalue weighted by Gasteiger charge is 2.71. The van der Waals surface area contributed by atoms with Gasteiger partial charge in [0.05, 0.1) is 12.4 Å². The standard InChI is InChI=1S/C40H52F3N5O9S/c1-7-23(4)47(37(52)53)32-24(8-2)17-22(3)11-9-10-12-26-20-39(26,36(51)46-58(54,55)27-13-14-27)45-33(49)30-21-38(5,40(42,43)48(30)35(32)50)57-34-28-19-29(41)31(56-6)18-25(28)15-16-44-34/h10,12,15-16,18-19,22-24,26-27,30,32H,7-9,11,13-14,17,20-21H2,1-6H3,(H,45,49)(H,46,51)(H,52,53)/b12-10-/t22-,23?,24+,26+,30-,32-,38+,39+/m0/s1. The maximum absolute atomic E-state index is 17.6. The molecule has 6 rings (SSSR count). The van der Waals surface area contributed by atoms with Gasteiger partial charge in [-0.25, -0.2) is 22.6 Å². The van der Waals surface area contributed by atoms with Crippen molar-refractivity contribution in [3.8, 4) is 11.6 Å². The third-order valence-electron chi connectivity index (χ3n) is 12.4. The summed E-state index contributed by atoms with van der Waals surface area (Å²) < 4.78 is 89.2. The van der Waals surface area contributed by atoms with Gasteiger partial charge in [-0.05, 0) is 94.2 Å². The van der Waals surface area contributed by atoms with Crippen molar-refractivity contribution in [1.29, 1.82) is 0 Å². The van der Waals surface area contributed by atoms with Crippen LogP contribution in [0.3, 0.4) is 0 Å². The Morgan fingerprint density at radius 2 is 1.88 bits per heavy atom. The van der Waals surface area contributed by atoms with Crippen molar-refractivity contribution >= 4 is 44.6 Å². The molecule has 3 fully saturated rings. The Labute approximate surface area is 335 Å². The summed E-state index contributed by atoms with van der Waals surface area (Å²) in [5.41, 5.74) is -4.60. The zero-order chi connectivity index (χ0) is 42.5. The first-order valence-electron chi connectivity index (χ1n) is 19.8. The van der Waals surface area contributed by atoms with Crippen molar-refractivity contribution in [2.45, 2.75) is 133 Å². The van der Waals surface area contributed by atoms with Gasteiger partial charge < -0.3 is 19.9 Å². The highest BCUT2D eigenvalue weighted by Crippen LogP contribution is 2.51. The number of fused-ring (bicyclic) bond motifs is 3. The number of nitrogens with one attached hydrogen (secondary N) is 2. The molecular formula is C40H52F3N5O9S. The lowest BCUT2D eigenvalue weighted by Crippen LogP contribution is -2.64. The Morgan fingerprint density at radius 1 is 1.17 bits per heavy atom. The molecule has 4 aliphatic rings. The molecule has 2 saturated carbocycles. The second-order valence-corrected chi connectivity index (χ2v) is 18.4. The summed E-state index contributed by atoms with van der Waals surface area (Å²) in [6.07, 6.45) is 4.88. The van der Waals surface area contributed by atoms with Crippen LogP contribution in [0.25, 0.3) is 10.8 Å². The second kappa shape index (κ2) is 15.9. The van der Waals surface area contributed by atoms with E-state index in [1.807, 2.05) is 13.0 Å². The number of benzene rings is 1. The molecule has 3 N–H and O–H groups in total. The van der Waals surface area contributed by atoms with Crippen LogP contribution >= 0.6 is 0 Å². The molecule has 1 saturated heterocycles. The summed E-state index contributed by atoms with van der Waals surface area (Å²) >= 11 is 0. The van der Waals surface area contributed by atoms with Crippen molar-refractivity contribution in [1.82, 2.24) is 24.8 Å². The van der Waals surface area contributed by atoms with Gasteiger partial charge in [0, 0.05) is 30.0 Å². The Balaban J connectivity index is 1.50. The van der Waals surface area contributed by atoms with Crippen LogP contribution in [0.1, 0.15) is 92.4 Å². The molecule has 2 aliphatic heterocycles. The highest BCUT2D eigenvalue weighted by molar-refractivity contribution is 7.91. The molecule has 1 aromatic heterocycles. The van der Waals surface area contributed by atoms with Crippen LogP contribution in [0.2, 0.25) is 0 Å². The third kappa shape index (κ3) is 7.79. The summed E-state index contributed by atoms with van der Waals surface area (Å²) in [4.78, 5) is 61.8. The van der Waals surface area contributed by atoms with E-state index in [2.05, 4.69) is 15.0 Å². The average molecular weight is 836 g/mol. The number of hydrogen-bond donors (Lipinski definition) is 3. The fourth-order valence-electron chi connectivity index (χ4n) is 8.47. The largest absolute Gasteiger partial charge is 0.494 e. The van der Waals surface area contributed by atoms with Crippen LogP contribution in [0.5, 0.6) is 11.6 Å². The van der Waals surface area contributed by atoms with Crippen molar-refractivity contribution in [2.75, 3.05) is 7.11 Å². The van der Waals surface area contributed by atoms with Gasteiger partial charge in [-0.15, -0.1) is 0 Å². The van der Waals surface area contributed by atoms with E-state index in [0.717, 1.165) is 17.9 Å². The molecule has 18 heteroatoms. The van der Waals surface area contributed by atoms with Gasteiger partial charge in [-0.2, -0.15) is 8.78 Å². The minimum atomic E-state index is -4.36. The maximum Gasteiger partial charge on any atom is 0.408 e. The van der Waals surface area contributed by atoms with Crippen molar-refractivity contribution < 1.29 is 55.3 Å². The van der Waals surface area contributed by atoms with E-state index in [1.54, 1.807) is 26.8 Å². The van der Waals surface area contributed by atoms with Crippen LogP contribution in [-0.2, 0) is 24.4 Å². The van der Waals surface area contributed by atoms with Gasteiger partial charge in [0.2, 0.25) is 21.8 Å². The first-order chi connectivity index (χ1) is 27.2. The van der Waals surface area contributed by atoms with E-state index >= 15 is 18.0 Å². The Bertz CT molecular complexity index is 2100. The summed E-state index contributed by atoms with van der Waals surface area (Å²) in [5, 5.41) is 12.7. The molecule has 0 radical (unpaired) electrons. The molecule has 0 bridgehead atoms. The maximum atomic E-state index is 17.6. The molecule has 318 valence electrons. The molecular weight excluding hydrogens is 784 g/mol. The average Bonchev–Trinajstić information content (AvgIpc) is 4.09. The number of nitrogens with zero attached hydrogens (tertiary/aromatic N) is 3. The second-order valence-electron chi connectivity index (χ2n) is 16.5. The number of carbonyl (C=O) groups is 4. The third-order valence-corrected chi connectivity index (χ3v) is 14.2. The molecule has 8 atom stereocenters. The first kappa shape index (κ1) is 43.0. The van der Waals surface area contributed by atoms with Gasteiger partial charge in [0.25, 0.3) is 11.8 Å². The number of pyridine rings is 1. The lowest BCUT2D eigenvalue weighted by molar-refractivity contribution is -0.219. The molecule has 4 amide bonds. The summed E-state index contributed by atoms with van der Waals surface area (Å²) in [5.74, 6) is -6.53. The van der Waals surface area contributed by atoms with E-state index in [0.29, 0.717) is 31.1 Å². The summed E-state index contributed by atoms with van der Waals surface area (Å²) in [7, 11) is -2.83. The topological polar surface area (TPSA) is 185 Å². The fourth-order valence-corrected chi connectivity index (χ4v) is 9.83. The molecule has 3 heterocycles. The molecule has 0 spiro atoms. The number of halogens is 3. The zero-order valence-corrected chi connectivity index (χ0v) is 34.3. The Hall–Kier alpha value is -4.61. The number of hydrogen-bond acceptors (Lipinski definition) is 9. The lowest BCUT2D eigenvalue weighted by atomic mass is 9.83. The number of allylic oxidation sites excluding steroid dienone is 1. The van der Waals surface area contributed by atoms with Crippen LogP contribution in [0.4, 0.5) is 18.0 Å². The van der Waals surface area contributed by atoms with E-state index in [1.165, 1.54) is 25.4 Å². The number of sulfonamides is 1. The molecule has 14 nitrogen and oxygen atoms in total. The van der Waals surface area contributed by atoms with Gasteiger partial charge >= 0.3 is 12.1 Å². The van der Waals surface area contributed by atoms with Crippen molar-refractivity contribution in [3.63, 3.8) is 0 Å². The lowest BCUT2D eigenvalue weighted by Gasteiger charge is -2.43. The SMILES string of the molecule is CCC(C)N(C(=O)O)[C@@H]1C(=O)N2[C@@H](C[C@@](C)(Oc3nccc4cc(OC)c(F)cc34)C2(F)F)C(=O)N[C@]2(C(=O)NS(=O)(=O)C3CC3)C[C@H]2/C=C\CC[C@H](C)C[C@H]1CC. The molecule has 1 unspecified atom stereocenters. The number of aromatic nitrogens is 1. The predicted molar refractivity (Wildman–Crippen MR) is 206 cm³/mol. The normalized spacial score (nSPS) is 31.1. The van der Waals surface area contributed by atoms with Crippen LogP contribution in [-0.4, -0.2) is 99.8 Å². The highest BCUT2D eigenvalue weighted by atomic mass is 32.2. The molecule has 2 aliphatic carbocycles.